The molecule has 0 saturated carbocycles. The fraction of sp³-hybridized carbons (Fsp3) is 0.600. The Kier molecular flexibility index (Phi) is 5.36. The van der Waals surface area contributed by atoms with E-state index in [9.17, 15) is 10.1 Å². The number of nitrogens with zero attached hydrogens (tertiary/aromatic N) is 2. The fourth-order valence-corrected chi connectivity index (χ4v) is 2.23. The third-order valence-electron chi connectivity index (χ3n) is 2.89. The summed E-state index contributed by atoms with van der Waals surface area (Å²) in [6.07, 6.45) is 0.930. The van der Waals surface area contributed by atoms with Crippen LogP contribution >= 0.6 is 0 Å². The average molecular weight is 279 g/mol. The van der Waals surface area contributed by atoms with E-state index in [0.717, 1.165) is 19.5 Å². The Morgan fingerprint density at radius 2 is 2.00 bits per heavy atom. The second-order valence-electron chi connectivity index (χ2n) is 6.27. The maximum absolute atomic E-state index is 11.4. The van der Waals surface area contributed by atoms with Gasteiger partial charge in [-0.05, 0) is 24.0 Å². The molecule has 20 heavy (non-hydrogen) atoms. The van der Waals surface area contributed by atoms with Crippen LogP contribution in [0.4, 0.5) is 17.1 Å². The predicted molar refractivity (Wildman–Crippen MR) is 84.6 cm³/mol. The molecule has 0 amide bonds. The Hall–Kier alpha value is -1.78. The normalized spacial score (nSPS) is 11.2. The molecule has 0 aliphatic rings. The smallest absolute Gasteiger partial charge is 0.315 e. The molecule has 0 atom stereocenters. The fourth-order valence-electron chi connectivity index (χ4n) is 2.23. The van der Waals surface area contributed by atoms with Crippen LogP contribution in [0.15, 0.2) is 18.2 Å². The van der Waals surface area contributed by atoms with Crippen LogP contribution in [0.1, 0.15) is 34.1 Å². The van der Waals surface area contributed by atoms with Crippen LogP contribution in [-0.2, 0) is 0 Å². The van der Waals surface area contributed by atoms with Crippen LogP contribution in [0.25, 0.3) is 0 Å². The zero-order valence-corrected chi connectivity index (χ0v) is 13.1. The molecule has 5 heteroatoms. The van der Waals surface area contributed by atoms with Crippen LogP contribution in [-0.4, -0.2) is 25.1 Å². The predicted octanol–water partition coefficient (Wildman–Crippen LogP) is 3.90. The average Bonchev–Trinajstić information content (AvgIpc) is 2.33. The molecule has 0 spiro atoms. The molecule has 1 rings (SSSR count). The largest absolute Gasteiger partial charge is 0.379 e. The molecule has 1 aromatic carbocycles. The number of hydrogen-bond donors (Lipinski definition) is 1. The van der Waals surface area contributed by atoms with Crippen molar-refractivity contribution in [1.82, 2.24) is 0 Å². The number of nitrogens with one attached hydrogen (secondary N) is 1. The van der Waals surface area contributed by atoms with Crippen molar-refractivity contribution in [3.05, 3.63) is 28.3 Å². The van der Waals surface area contributed by atoms with Crippen molar-refractivity contribution in [2.24, 2.45) is 5.41 Å². The summed E-state index contributed by atoms with van der Waals surface area (Å²) < 4.78 is 0. The maximum atomic E-state index is 11.4. The van der Waals surface area contributed by atoms with Crippen molar-refractivity contribution < 1.29 is 4.92 Å². The molecule has 0 unspecified atom stereocenters. The van der Waals surface area contributed by atoms with Gasteiger partial charge in [-0.2, -0.15) is 0 Å². The van der Waals surface area contributed by atoms with Gasteiger partial charge in [0.25, 0.3) is 0 Å². The maximum Gasteiger partial charge on any atom is 0.315 e. The van der Waals surface area contributed by atoms with Gasteiger partial charge in [0.1, 0.15) is 11.4 Å². The number of benzene rings is 1. The van der Waals surface area contributed by atoms with Gasteiger partial charge in [0, 0.05) is 20.1 Å². The van der Waals surface area contributed by atoms with Gasteiger partial charge in [0.15, 0.2) is 0 Å². The molecule has 0 aliphatic heterocycles. The summed E-state index contributed by atoms with van der Waals surface area (Å²) in [7, 11) is 1.90. The first-order valence-corrected chi connectivity index (χ1v) is 6.98. The van der Waals surface area contributed by atoms with Gasteiger partial charge in [0.2, 0.25) is 0 Å². The monoisotopic (exact) mass is 279 g/mol. The van der Waals surface area contributed by atoms with Gasteiger partial charge in [0.05, 0.1) is 4.92 Å². The number of nitro groups is 1. The minimum atomic E-state index is -0.299. The van der Waals surface area contributed by atoms with Crippen molar-refractivity contribution in [2.75, 3.05) is 30.4 Å². The van der Waals surface area contributed by atoms with Crippen LogP contribution < -0.4 is 10.2 Å². The molecule has 0 heterocycles. The van der Waals surface area contributed by atoms with E-state index in [0.29, 0.717) is 11.4 Å². The standard InChI is InChI=1S/C15H25N3O2/c1-6-10-16-12-8-7-9-13(14(12)18(19)20)17(5)11-15(2,3)4/h7-9,16H,6,10-11H2,1-5H3. The van der Waals surface area contributed by atoms with Crippen molar-refractivity contribution in [3.63, 3.8) is 0 Å². The highest BCUT2D eigenvalue weighted by Crippen LogP contribution is 2.36. The third-order valence-corrected chi connectivity index (χ3v) is 2.89. The lowest BCUT2D eigenvalue weighted by molar-refractivity contribution is -0.383. The van der Waals surface area contributed by atoms with E-state index in [2.05, 4.69) is 26.1 Å². The van der Waals surface area contributed by atoms with Crippen LogP contribution in [0.5, 0.6) is 0 Å². The summed E-state index contributed by atoms with van der Waals surface area (Å²) in [4.78, 5) is 13.1. The zero-order valence-electron chi connectivity index (χ0n) is 13.1. The van der Waals surface area contributed by atoms with Crippen LogP contribution in [0.3, 0.4) is 0 Å². The first-order chi connectivity index (χ1) is 9.26. The second kappa shape index (κ2) is 6.59. The van der Waals surface area contributed by atoms with Gasteiger partial charge in [-0.15, -0.1) is 0 Å². The lowest BCUT2D eigenvalue weighted by Crippen LogP contribution is -2.29. The molecule has 5 nitrogen and oxygen atoms in total. The van der Waals surface area contributed by atoms with Crippen LogP contribution in [0.2, 0.25) is 0 Å². The summed E-state index contributed by atoms with van der Waals surface area (Å²) in [5.74, 6) is 0. The van der Waals surface area contributed by atoms with E-state index in [-0.39, 0.29) is 16.0 Å². The lowest BCUT2D eigenvalue weighted by Gasteiger charge is -2.28. The quantitative estimate of drug-likeness (QED) is 0.634. The van der Waals surface area contributed by atoms with Gasteiger partial charge in [-0.3, -0.25) is 10.1 Å². The van der Waals surface area contributed by atoms with Gasteiger partial charge in [-0.25, -0.2) is 0 Å². The Bertz CT molecular complexity index is 467. The summed E-state index contributed by atoms with van der Waals surface area (Å²) in [6, 6.07) is 5.43. The lowest BCUT2D eigenvalue weighted by atomic mass is 9.96. The summed E-state index contributed by atoms with van der Waals surface area (Å²) in [5.41, 5.74) is 1.49. The summed E-state index contributed by atoms with van der Waals surface area (Å²) in [5, 5.41) is 14.5. The van der Waals surface area contributed by atoms with Gasteiger partial charge < -0.3 is 10.2 Å². The highest BCUT2D eigenvalue weighted by atomic mass is 16.6. The Balaban J connectivity index is 3.15. The molecule has 1 aromatic rings. The molecule has 0 radical (unpaired) electrons. The number of hydrogen-bond acceptors (Lipinski definition) is 4. The SMILES string of the molecule is CCCNc1cccc(N(C)CC(C)(C)C)c1[N+](=O)[O-]. The zero-order chi connectivity index (χ0) is 15.3. The molecule has 0 fully saturated rings. The van der Waals surface area contributed by atoms with E-state index in [4.69, 9.17) is 0 Å². The molecule has 1 N–H and O–H groups in total. The molecule has 0 saturated heterocycles. The van der Waals surface area contributed by atoms with E-state index in [1.54, 1.807) is 12.1 Å². The molecule has 0 aromatic heterocycles. The van der Waals surface area contributed by atoms with Crippen molar-refractivity contribution in [2.45, 2.75) is 34.1 Å². The molecular weight excluding hydrogens is 254 g/mol. The highest BCUT2D eigenvalue weighted by Gasteiger charge is 2.24. The van der Waals surface area contributed by atoms with E-state index >= 15 is 0 Å². The first-order valence-electron chi connectivity index (χ1n) is 6.98. The Morgan fingerprint density at radius 3 is 2.50 bits per heavy atom. The van der Waals surface area contributed by atoms with Crippen molar-refractivity contribution in [1.29, 1.82) is 0 Å². The van der Waals surface area contributed by atoms with E-state index in [1.807, 2.05) is 24.9 Å². The third kappa shape index (κ3) is 4.40. The topological polar surface area (TPSA) is 58.4 Å². The van der Waals surface area contributed by atoms with Crippen molar-refractivity contribution in [3.8, 4) is 0 Å². The molecule has 112 valence electrons. The highest BCUT2D eigenvalue weighted by molar-refractivity contribution is 5.76. The first kappa shape index (κ1) is 16.3. The Labute approximate surface area is 121 Å². The Morgan fingerprint density at radius 1 is 1.35 bits per heavy atom. The summed E-state index contributed by atoms with van der Waals surface area (Å²) in [6.45, 7) is 9.88. The molecular formula is C15H25N3O2. The summed E-state index contributed by atoms with van der Waals surface area (Å²) >= 11 is 0. The number of rotatable bonds is 6. The minimum Gasteiger partial charge on any atom is -0.379 e. The number of para-hydroxylation sites is 1. The van der Waals surface area contributed by atoms with Crippen molar-refractivity contribution >= 4 is 17.1 Å². The second-order valence-corrected chi connectivity index (χ2v) is 6.27. The van der Waals surface area contributed by atoms with E-state index < -0.39 is 0 Å². The number of nitro benzene ring substituents is 1. The molecule has 0 aliphatic carbocycles. The van der Waals surface area contributed by atoms with Gasteiger partial charge >= 0.3 is 5.69 Å². The number of anilines is 2. The molecule has 0 bridgehead atoms. The minimum absolute atomic E-state index is 0.0788. The van der Waals surface area contributed by atoms with Gasteiger partial charge in [-0.1, -0.05) is 33.8 Å². The van der Waals surface area contributed by atoms with E-state index in [1.165, 1.54) is 0 Å². The van der Waals surface area contributed by atoms with Crippen LogP contribution in [0, 0.1) is 15.5 Å².